The Labute approximate surface area is 157 Å². The van der Waals surface area contributed by atoms with E-state index in [-0.39, 0.29) is 5.97 Å². The van der Waals surface area contributed by atoms with Crippen molar-refractivity contribution in [2.24, 2.45) is 5.92 Å². The fourth-order valence-corrected chi connectivity index (χ4v) is 3.47. The second-order valence-corrected chi connectivity index (χ2v) is 7.12. The summed E-state index contributed by atoms with van der Waals surface area (Å²) in [7, 11) is 1.69. The Morgan fingerprint density at radius 1 is 1.15 bits per heavy atom. The van der Waals surface area contributed by atoms with Crippen molar-refractivity contribution in [1.82, 2.24) is 0 Å². The summed E-state index contributed by atoms with van der Waals surface area (Å²) >= 11 is 0. The highest BCUT2D eigenvalue weighted by Gasteiger charge is 2.20. The van der Waals surface area contributed by atoms with Crippen molar-refractivity contribution in [1.29, 1.82) is 0 Å². The van der Waals surface area contributed by atoms with Crippen LogP contribution < -0.4 is 4.74 Å². The molecule has 0 fully saturated rings. The van der Waals surface area contributed by atoms with Crippen LogP contribution in [0.1, 0.15) is 58.4 Å². The highest BCUT2D eigenvalue weighted by Crippen LogP contribution is 2.37. The third kappa shape index (κ3) is 5.35. The van der Waals surface area contributed by atoms with E-state index < -0.39 is 0 Å². The SMILES string of the molecule is CCC(C(CC(C)C)=C1C=CC(OC(C)=O)=CC1)c1ccc(OC)cc1. The van der Waals surface area contributed by atoms with Gasteiger partial charge in [0.25, 0.3) is 0 Å². The Morgan fingerprint density at radius 2 is 1.85 bits per heavy atom. The first-order chi connectivity index (χ1) is 12.4. The van der Waals surface area contributed by atoms with Gasteiger partial charge in [-0.25, -0.2) is 0 Å². The van der Waals surface area contributed by atoms with E-state index in [1.165, 1.54) is 23.6 Å². The molecule has 1 unspecified atom stereocenters. The molecular formula is C23H30O3. The molecule has 0 amide bonds. The summed E-state index contributed by atoms with van der Waals surface area (Å²) in [5.41, 5.74) is 4.12. The molecule has 0 N–H and O–H groups in total. The molecule has 0 spiro atoms. The van der Waals surface area contributed by atoms with Crippen LogP contribution >= 0.6 is 0 Å². The van der Waals surface area contributed by atoms with Crippen LogP contribution in [-0.2, 0) is 9.53 Å². The number of carbonyl (C=O) groups is 1. The lowest BCUT2D eigenvalue weighted by Crippen LogP contribution is -2.09. The van der Waals surface area contributed by atoms with Crippen LogP contribution in [0, 0.1) is 5.92 Å². The monoisotopic (exact) mass is 354 g/mol. The van der Waals surface area contributed by atoms with E-state index in [0.717, 1.165) is 25.0 Å². The fraction of sp³-hybridized carbons (Fsp3) is 0.435. The van der Waals surface area contributed by atoms with Crippen molar-refractivity contribution in [2.45, 2.75) is 52.9 Å². The van der Waals surface area contributed by atoms with Gasteiger partial charge in [-0.05, 0) is 60.6 Å². The van der Waals surface area contributed by atoms with Gasteiger partial charge in [-0.2, -0.15) is 0 Å². The van der Waals surface area contributed by atoms with E-state index >= 15 is 0 Å². The Bertz CT molecular complexity index is 705. The second kappa shape index (κ2) is 9.42. The first-order valence-corrected chi connectivity index (χ1v) is 9.37. The van der Waals surface area contributed by atoms with Crippen molar-refractivity contribution in [3.05, 3.63) is 65.0 Å². The van der Waals surface area contributed by atoms with Gasteiger partial charge in [0.15, 0.2) is 0 Å². The molecule has 1 aliphatic carbocycles. The molecule has 3 heteroatoms. The summed E-state index contributed by atoms with van der Waals surface area (Å²) in [5, 5.41) is 0. The molecule has 0 saturated heterocycles. The van der Waals surface area contributed by atoms with Gasteiger partial charge in [0.1, 0.15) is 11.5 Å². The van der Waals surface area contributed by atoms with E-state index in [2.05, 4.69) is 39.0 Å². The average Bonchev–Trinajstić information content (AvgIpc) is 2.62. The maximum absolute atomic E-state index is 11.1. The van der Waals surface area contributed by atoms with Crippen LogP contribution in [0.5, 0.6) is 5.75 Å². The van der Waals surface area contributed by atoms with E-state index in [0.29, 0.717) is 17.6 Å². The molecule has 0 aromatic heterocycles. The largest absolute Gasteiger partial charge is 0.497 e. The molecule has 1 aromatic carbocycles. The van der Waals surface area contributed by atoms with Gasteiger partial charge in [0.05, 0.1) is 7.11 Å². The van der Waals surface area contributed by atoms with Crippen LogP contribution in [0.4, 0.5) is 0 Å². The molecule has 0 heterocycles. The average molecular weight is 354 g/mol. The van der Waals surface area contributed by atoms with Crippen LogP contribution in [0.3, 0.4) is 0 Å². The molecule has 3 nitrogen and oxygen atoms in total. The van der Waals surface area contributed by atoms with E-state index in [9.17, 15) is 4.79 Å². The number of rotatable bonds is 7. The lowest BCUT2D eigenvalue weighted by molar-refractivity contribution is -0.136. The predicted molar refractivity (Wildman–Crippen MR) is 106 cm³/mol. The Balaban J connectivity index is 2.34. The summed E-state index contributed by atoms with van der Waals surface area (Å²) in [6.07, 6.45) is 8.92. The van der Waals surface area contributed by atoms with Gasteiger partial charge >= 0.3 is 5.97 Å². The zero-order valence-electron chi connectivity index (χ0n) is 16.5. The number of hydrogen-bond acceptors (Lipinski definition) is 3. The number of methoxy groups -OCH3 is 1. The van der Waals surface area contributed by atoms with Gasteiger partial charge in [-0.3, -0.25) is 4.79 Å². The molecule has 1 atom stereocenters. The van der Waals surface area contributed by atoms with Gasteiger partial charge in [-0.1, -0.05) is 44.6 Å². The first kappa shape index (κ1) is 20.0. The lowest BCUT2D eigenvalue weighted by Gasteiger charge is -2.25. The highest BCUT2D eigenvalue weighted by atomic mass is 16.5. The van der Waals surface area contributed by atoms with Crippen molar-refractivity contribution < 1.29 is 14.3 Å². The van der Waals surface area contributed by atoms with E-state index in [1.807, 2.05) is 24.3 Å². The standard InChI is InChI=1S/C23H30O3/c1-6-22(18-7-11-20(25-5)12-8-18)23(15-16(2)3)19-9-13-21(14-10-19)26-17(4)24/h7-9,11-14,16,22H,6,10,15H2,1-5H3. The molecular weight excluding hydrogens is 324 g/mol. The Kier molecular flexibility index (Phi) is 7.26. The zero-order valence-corrected chi connectivity index (χ0v) is 16.5. The summed E-state index contributed by atoms with van der Waals surface area (Å²) in [4.78, 5) is 11.1. The maximum Gasteiger partial charge on any atom is 0.308 e. The molecule has 0 radical (unpaired) electrons. The number of hydrogen-bond donors (Lipinski definition) is 0. The van der Waals surface area contributed by atoms with E-state index in [4.69, 9.17) is 9.47 Å². The molecule has 1 aliphatic rings. The molecule has 0 bridgehead atoms. The van der Waals surface area contributed by atoms with Crippen LogP contribution in [0.25, 0.3) is 0 Å². The number of esters is 1. The van der Waals surface area contributed by atoms with Gasteiger partial charge in [0.2, 0.25) is 0 Å². The maximum atomic E-state index is 11.1. The van der Waals surface area contributed by atoms with Crippen molar-refractivity contribution >= 4 is 5.97 Å². The summed E-state index contributed by atoms with van der Waals surface area (Å²) in [6, 6.07) is 8.40. The van der Waals surface area contributed by atoms with Gasteiger partial charge in [0, 0.05) is 12.8 Å². The highest BCUT2D eigenvalue weighted by molar-refractivity contribution is 5.68. The third-order valence-electron chi connectivity index (χ3n) is 4.62. The Hall–Kier alpha value is -2.29. The minimum absolute atomic E-state index is 0.277. The van der Waals surface area contributed by atoms with Crippen LogP contribution in [-0.4, -0.2) is 13.1 Å². The quantitative estimate of drug-likeness (QED) is 0.569. The number of allylic oxidation sites excluding steroid dienone is 5. The number of ether oxygens (including phenoxy) is 2. The van der Waals surface area contributed by atoms with Crippen LogP contribution in [0.15, 0.2) is 59.4 Å². The molecule has 26 heavy (non-hydrogen) atoms. The lowest BCUT2D eigenvalue weighted by atomic mass is 9.80. The van der Waals surface area contributed by atoms with Gasteiger partial charge in [-0.15, -0.1) is 0 Å². The number of carbonyl (C=O) groups excluding carboxylic acids is 1. The Morgan fingerprint density at radius 3 is 2.31 bits per heavy atom. The van der Waals surface area contributed by atoms with E-state index in [1.54, 1.807) is 7.11 Å². The third-order valence-corrected chi connectivity index (χ3v) is 4.62. The van der Waals surface area contributed by atoms with Crippen LogP contribution in [0.2, 0.25) is 0 Å². The molecule has 0 saturated carbocycles. The normalized spacial score (nSPS) is 16.9. The van der Waals surface area contributed by atoms with Crippen molar-refractivity contribution in [2.75, 3.05) is 7.11 Å². The van der Waals surface area contributed by atoms with Crippen molar-refractivity contribution in [3.8, 4) is 5.75 Å². The smallest absolute Gasteiger partial charge is 0.308 e. The zero-order chi connectivity index (χ0) is 19.1. The molecule has 140 valence electrons. The van der Waals surface area contributed by atoms with Gasteiger partial charge < -0.3 is 9.47 Å². The first-order valence-electron chi connectivity index (χ1n) is 9.37. The molecule has 1 aromatic rings. The summed E-state index contributed by atoms with van der Waals surface area (Å²) in [5.74, 6) is 2.21. The summed E-state index contributed by atoms with van der Waals surface area (Å²) < 4.78 is 10.5. The molecule has 2 rings (SSSR count). The minimum Gasteiger partial charge on any atom is -0.497 e. The predicted octanol–water partition coefficient (Wildman–Crippen LogP) is 5.94. The fourth-order valence-electron chi connectivity index (χ4n) is 3.47. The molecule has 0 aliphatic heterocycles. The topological polar surface area (TPSA) is 35.5 Å². The summed E-state index contributed by atoms with van der Waals surface area (Å²) in [6.45, 7) is 8.19. The van der Waals surface area contributed by atoms with Crippen molar-refractivity contribution in [3.63, 3.8) is 0 Å². The second-order valence-electron chi connectivity index (χ2n) is 7.12. The minimum atomic E-state index is -0.277. The number of benzene rings is 1.